The molecule has 22 heavy (non-hydrogen) atoms. The van der Waals surface area contributed by atoms with Crippen molar-refractivity contribution in [2.24, 2.45) is 0 Å². The van der Waals surface area contributed by atoms with Gasteiger partial charge in [0, 0.05) is 32.1 Å². The topological polar surface area (TPSA) is 51.1 Å². The van der Waals surface area contributed by atoms with E-state index in [1.54, 1.807) is 13.3 Å². The van der Waals surface area contributed by atoms with Gasteiger partial charge < -0.3 is 15.4 Å². The smallest absolute Gasteiger partial charge is 0.170 e. The summed E-state index contributed by atoms with van der Waals surface area (Å²) in [5, 5.41) is 11.2. The summed E-state index contributed by atoms with van der Waals surface area (Å²) in [6.07, 6.45) is 4.65. The lowest BCUT2D eigenvalue weighted by molar-refractivity contribution is 0.196. The van der Waals surface area contributed by atoms with Crippen LogP contribution in [0, 0.1) is 0 Å². The predicted octanol–water partition coefficient (Wildman–Crippen LogP) is 3.02. The number of nitrogens with zero attached hydrogens (tertiary/aromatic N) is 2. The molecule has 0 aliphatic carbocycles. The first-order chi connectivity index (χ1) is 10.7. The number of thiocarbonyl (C=S) groups is 1. The molecule has 2 rings (SSSR count). The van der Waals surface area contributed by atoms with E-state index in [1.807, 2.05) is 23.0 Å². The normalized spacial score (nSPS) is 10.5. The number of nitrogens with one attached hydrogen (secondary N) is 2. The molecule has 0 amide bonds. The molecule has 0 aliphatic rings. The molecule has 0 spiro atoms. The zero-order valence-electron chi connectivity index (χ0n) is 12.4. The van der Waals surface area contributed by atoms with E-state index in [1.165, 1.54) is 0 Å². The summed E-state index contributed by atoms with van der Waals surface area (Å²) in [5.41, 5.74) is 2.12. The summed E-state index contributed by atoms with van der Waals surface area (Å²) in [6.45, 7) is 2.24. The Bertz CT molecular complexity index is 617. The second-order valence-corrected chi connectivity index (χ2v) is 6.11. The highest BCUT2D eigenvalue weighted by Gasteiger charge is 2.01. The van der Waals surface area contributed by atoms with Crippen LogP contribution in [0.3, 0.4) is 0 Å². The molecule has 0 saturated heterocycles. The van der Waals surface area contributed by atoms with Gasteiger partial charge in [-0.05, 0) is 52.3 Å². The third-order valence-electron chi connectivity index (χ3n) is 2.94. The van der Waals surface area contributed by atoms with Crippen molar-refractivity contribution >= 4 is 38.9 Å². The summed E-state index contributed by atoms with van der Waals surface area (Å²) in [6, 6.07) is 8.13. The number of rotatable bonds is 7. The van der Waals surface area contributed by atoms with E-state index < -0.39 is 0 Å². The average Bonchev–Trinajstić information content (AvgIpc) is 2.89. The molecule has 0 radical (unpaired) electrons. The highest BCUT2D eigenvalue weighted by Crippen LogP contribution is 2.13. The summed E-state index contributed by atoms with van der Waals surface area (Å²) in [7, 11) is 1.69. The van der Waals surface area contributed by atoms with Crippen LogP contribution in [0.4, 0.5) is 5.69 Å². The Morgan fingerprint density at radius 2 is 2.32 bits per heavy atom. The van der Waals surface area contributed by atoms with Crippen LogP contribution in [-0.4, -0.2) is 35.2 Å². The Labute approximate surface area is 144 Å². The number of hydrogen-bond donors (Lipinski definition) is 2. The molecule has 0 saturated carbocycles. The molecule has 0 atom stereocenters. The summed E-state index contributed by atoms with van der Waals surface area (Å²) < 4.78 is 7.86. The molecule has 0 unspecified atom stereocenters. The largest absolute Gasteiger partial charge is 0.385 e. The van der Waals surface area contributed by atoms with Gasteiger partial charge in [0.25, 0.3) is 0 Å². The molecule has 0 fully saturated rings. The molecule has 118 valence electrons. The SMILES string of the molecule is COCCCNC(=S)Nc1cccc(Cn2cc(Br)cn2)c1. The highest BCUT2D eigenvalue weighted by molar-refractivity contribution is 9.10. The maximum absolute atomic E-state index is 5.28. The second-order valence-electron chi connectivity index (χ2n) is 4.78. The molecule has 2 N–H and O–H groups in total. The fourth-order valence-electron chi connectivity index (χ4n) is 1.95. The molecule has 0 bridgehead atoms. The monoisotopic (exact) mass is 382 g/mol. The molecule has 1 heterocycles. The lowest BCUT2D eigenvalue weighted by Gasteiger charge is -2.11. The average molecular weight is 383 g/mol. The van der Waals surface area contributed by atoms with Crippen LogP contribution in [0.2, 0.25) is 0 Å². The van der Waals surface area contributed by atoms with Gasteiger partial charge in [-0.2, -0.15) is 5.10 Å². The zero-order chi connectivity index (χ0) is 15.8. The van der Waals surface area contributed by atoms with Crippen molar-refractivity contribution < 1.29 is 4.74 Å². The van der Waals surface area contributed by atoms with E-state index in [-0.39, 0.29) is 0 Å². The molecular weight excluding hydrogens is 364 g/mol. The molecule has 7 heteroatoms. The van der Waals surface area contributed by atoms with Gasteiger partial charge in [0.05, 0.1) is 17.2 Å². The van der Waals surface area contributed by atoms with Crippen molar-refractivity contribution in [2.75, 3.05) is 25.6 Å². The van der Waals surface area contributed by atoms with Crippen LogP contribution in [-0.2, 0) is 11.3 Å². The second kappa shape index (κ2) is 8.87. The zero-order valence-corrected chi connectivity index (χ0v) is 14.8. The third kappa shape index (κ3) is 5.75. The van der Waals surface area contributed by atoms with Crippen molar-refractivity contribution in [1.29, 1.82) is 0 Å². The van der Waals surface area contributed by atoms with E-state index in [0.717, 1.165) is 41.8 Å². The summed E-state index contributed by atoms with van der Waals surface area (Å²) >= 11 is 8.67. The lowest BCUT2D eigenvalue weighted by Crippen LogP contribution is -2.29. The van der Waals surface area contributed by atoms with E-state index in [2.05, 4.69) is 43.8 Å². The molecule has 1 aromatic heterocycles. The van der Waals surface area contributed by atoms with Gasteiger partial charge in [-0.1, -0.05) is 12.1 Å². The van der Waals surface area contributed by atoms with Gasteiger partial charge in [0.1, 0.15) is 0 Å². The minimum atomic E-state index is 0.620. The Hall–Kier alpha value is -1.44. The van der Waals surface area contributed by atoms with Crippen LogP contribution < -0.4 is 10.6 Å². The molecule has 5 nitrogen and oxygen atoms in total. The van der Waals surface area contributed by atoms with Gasteiger partial charge in [-0.3, -0.25) is 4.68 Å². The quantitative estimate of drug-likeness (QED) is 0.569. The standard InChI is InChI=1S/C15H19BrN4OS/c1-21-7-3-6-17-15(22)19-14-5-2-4-12(8-14)10-20-11-13(16)9-18-20/h2,4-5,8-9,11H,3,6-7,10H2,1H3,(H2,17,19,22). The number of ether oxygens (including phenoxy) is 1. The van der Waals surface area contributed by atoms with Crippen LogP contribution >= 0.6 is 28.1 Å². The van der Waals surface area contributed by atoms with Gasteiger partial charge in [-0.15, -0.1) is 0 Å². The molecule has 1 aromatic carbocycles. The van der Waals surface area contributed by atoms with Gasteiger partial charge in [-0.25, -0.2) is 0 Å². The fraction of sp³-hybridized carbons (Fsp3) is 0.333. The van der Waals surface area contributed by atoms with Crippen LogP contribution in [0.15, 0.2) is 41.1 Å². The van der Waals surface area contributed by atoms with Gasteiger partial charge in [0.15, 0.2) is 5.11 Å². The van der Waals surface area contributed by atoms with Gasteiger partial charge in [0.2, 0.25) is 0 Å². The van der Waals surface area contributed by atoms with Crippen molar-refractivity contribution in [3.05, 3.63) is 46.7 Å². The molecular formula is C15H19BrN4OS. The Morgan fingerprint density at radius 1 is 1.45 bits per heavy atom. The number of hydrogen-bond acceptors (Lipinski definition) is 3. The van der Waals surface area contributed by atoms with Crippen LogP contribution in [0.25, 0.3) is 0 Å². The molecule has 0 aliphatic heterocycles. The Balaban J connectivity index is 1.86. The number of halogens is 1. The predicted molar refractivity (Wildman–Crippen MR) is 96.2 cm³/mol. The third-order valence-corrected chi connectivity index (χ3v) is 3.60. The van der Waals surface area contributed by atoms with Crippen molar-refractivity contribution in [3.8, 4) is 0 Å². The molecule has 2 aromatic rings. The maximum Gasteiger partial charge on any atom is 0.170 e. The minimum absolute atomic E-state index is 0.620. The number of aromatic nitrogens is 2. The first-order valence-electron chi connectivity index (χ1n) is 6.98. The van der Waals surface area contributed by atoms with Crippen molar-refractivity contribution in [1.82, 2.24) is 15.1 Å². The minimum Gasteiger partial charge on any atom is -0.385 e. The summed E-state index contributed by atoms with van der Waals surface area (Å²) in [4.78, 5) is 0. The fourth-order valence-corrected chi connectivity index (χ4v) is 2.50. The lowest BCUT2D eigenvalue weighted by atomic mass is 10.2. The van der Waals surface area contributed by atoms with Crippen molar-refractivity contribution in [2.45, 2.75) is 13.0 Å². The van der Waals surface area contributed by atoms with E-state index in [9.17, 15) is 0 Å². The van der Waals surface area contributed by atoms with Crippen molar-refractivity contribution in [3.63, 3.8) is 0 Å². The maximum atomic E-state index is 5.28. The number of benzene rings is 1. The Kier molecular flexibility index (Phi) is 6.82. The van der Waals surface area contributed by atoms with E-state index in [0.29, 0.717) is 5.11 Å². The first-order valence-corrected chi connectivity index (χ1v) is 8.18. The first kappa shape index (κ1) is 16.9. The van der Waals surface area contributed by atoms with Crippen LogP contribution in [0.1, 0.15) is 12.0 Å². The van der Waals surface area contributed by atoms with E-state index in [4.69, 9.17) is 17.0 Å². The van der Waals surface area contributed by atoms with Crippen LogP contribution in [0.5, 0.6) is 0 Å². The summed E-state index contributed by atoms with van der Waals surface area (Å²) in [5.74, 6) is 0. The highest BCUT2D eigenvalue weighted by atomic mass is 79.9. The van der Waals surface area contributed by atoms with Gasteiger partial charge >= 0.3 is 0 Å². The number of anilines is 1. The Morgan fingerprint density at radius 3 is 3.05 bits per heavy atom. The number of methoxy groups -OCH3 is 1. The van der Waals surface area contributed by atoms with E-state index >= 15 is 0 Å².